The first kappa shape index (κ1) is 20.0. The number of halogens is 3. The van der Waals surface area contributed by atoms with Gasteiger partial charge in [0.1, 0.15) is 11.5 Å². The maximum absolute atomic E-state index is 13.0. The van der Waals surface area contributed by atoms with Crippen LogP contribution in [0, 0.1) is 0 Å². The lowest BCUT2D eigenvalue weighted by molar-refractivity contribution is -0.137. The average molecular weight is 426 g/mol. The zero-order valence-electron chi connectivity index (χ0n) is 14.4. The van der Waals surface area contributed by atoms with Gasteiger partial charge in [-0.15, -0.1) is 22.7 Å². The number of nitrogens with zero attached hydrogens (tertiary/aromatic N) is 2. The van der Waals surface area contributed by atoms with Crippen LogP contribution in [0.1, 0.15) is 27.9 Å². The molecule has 0 aliphatic rings. The van der Waals surface area contributed by atoms with Gasteiger partial charge in [0.2, 0.25) is 5.91 Å². The van der Waals surface area contributed by atoms with Crippen molar-refractivity contribution in [2.75, 3.05) is 4.90 Å². The van der Waals surface area contributed by atoms with Gasteiger partial charge in [0.15, 0.2) is 5.13 Å². The van der Waals surface area contributed by atoms with Crippen LogP contribution in [0.2, 0.25) is 0 Å². The minimum atomic E-state index is -4.53. The van der Waals surface area contributed by atoms with Crippen molar-refractivity contribution >= 4 is 45.4 Å². The molecule has 0 unspecified atom stereocenters. The first-order chi connectivity index (χ1) is 13.3. The molecule has 0 aliphatic carbocycles. The number of alkyl halides is 3. The maximum Gasteiger partial charge on any atom is 0.416 e. The monoisotopic (exact) mass is 426 g/mol. The Morgan fingerprint density at radius 3 is 2.61 bits per heavy atom. The molecule has 0 spiro atoms. The van der Waals surface area contributed by atoms with Gasteiger partial charge >= 0.3 is 12.1 Å². The summed E-state index contributed by atoms with van der Waals surface area (Å²) in [6.45, 7) is 1.12. The predicted molar refractivity (Wildman–Crippen MR) is 99.8 cm³/mol. The largest absolute Gasteiger partial charge is 0.455 e. The Morgan fingerprint density at radius 2 is 1.96 bits per heavy atom. The van der Waals surface area contributed by atoms with Crippen molar-refractivity contribution in [2.24, 2.45) is 0 Å². The molecule has 0 atom stereocenters. The van der Waals surface area contributed by atoms with E-state index in [4.69, 9.17) is 4.74 Å². The van der Waals surface area contributed by atoms with Gasteiger partial charge in [0.05, 0.1) is 16.9 Å². The number of amides is 1. The molecule has 1 aromatic carbocycles. The molecule has 0 bridgehead atoms. The second kappa shape index (κ2) is 8.11. The number of thiophene rings is 1. The number of thiazole rings is 1. The number of esters is 1. The Bertz CT molecular complexity index is 984. The molecule has 1 amide bonds. The van der Waals surface area contributed by atoms with Crippen LogP contribution in [-0.2, 0) is 22.3 Å². The van der Waals surface area contributed by atoms with Crippen molar-refractivity contribution in [3.05, 3.63) is 63.3 Å². The highest BCUT2D eigenvalue weighted by atomic mass is 32.1. The van der Waals surface area contributed by atoms with E-state index >= 15 is 0 Å². The third-order valence-corrected chi connectivity index (χ3v) is 5.28. The summed E-state index contributed by atoms with van der Waals surface area (Å²) in [7, 11) is 0. The summed E-state index contributed by atoms with van der Waals surface area (Å²) in [6, 6.07) is 7.80. The molecule has 2 heterocycles. The molecular weight excluding hydrogens is 413 g/mol. The second-order valence-electron chi connectivity index (χ2n) is 5.58. The van der Waals surface area contributed by atoms with Gasteiger partial charge in [0.25, 0.3) is 0 Å². The number of aromatic nitrogens is 1. The molecule has 0 saturated carbocycles. The Labute approximate surface area is 166 Å². The number of ether oxygens (including phenoxy) is 1. The van der Waals surface area contributed by atoms with Crippen molar-refractivity contribution in [1.82, 2.24) is 4.98 Å². The first-order valence-electron chi connectivity index (χ1n) is 7.88. The lowest BCUT2D eigenvalue weighted by Crippen LogP contribution is -2.23. The molecule has 0 aliphatic heterocycles. The van der Waals surface area contributed by atoms with Crippen molar-refractivity contribution in [3.63, 3.8) is 0 Å². The normalized spacial score (nSPS) is 11.3. The van der Waals surface area contributed by atoms with Crippen molar-refractivity contribution in [1.29, 1.82) is 0 Å². The van der Waals surface area contributed by atoms with E-state index in [1.807, 2.05) is 0 Å². The first-order valence-corrected chi connectivity index (χ1v) is 9.64. The summed E-state index contributed by atoms with van der Waals surface area (Å²) >= 11 is 2.31. The molecule has 146 valence electrons. The number of benzene rings is 1. The minimum absolute atomic E-state index is 0.0544. The standard InChI is InChI=1S/C18H13F3N2O3S2/c1-11(24)23(14-5-2-4-12(8-14)18(19,20)21)17-22-13(10-28-17)9-26-16(25)15-6-3-7-27-15/h2-8,10H,9H2,1H3. The summed E-state index contributed by atoms with van der Waals surface area (Å²) in [4.78, 5) is 29.7. The highest BCUT2D eigenvalue weighted by molar-refractivity contribution is 7.14. The van der Waals surface area contributed by atoms with Gasteiger partial charge in [-0.05, 0) is 29.6 Å². The predicted octanol–water partition coefficient (Wildman–Crippen LogP) is 5.27. The zero-order valence-corrected chi connectivity index (χ0v) is 16.0. The second-order valence-corrected chi connectivity index (χ2v) is 7.36. The summed E-state index contributed by atoms with van der Waals surface area (Å²) in [6.07, 6.45) is -4.53. The number of rotatable bonds is 5. The van der Waals surface area contributed by atoms with E-state index in [1.165, 1.54) is 30.4 Å². The van der Waals surface area contributed by atoms with Crippen LogP contribution < -0.4 is 4.90 Å². The molecule has 28 heavy (non-hydrogen) atoms. The third kappa shape index (κ3) is 4.57. The summed E-state index contributed by atoms with van der Waals surface area (Å²) in [5.41, 5.74) is -0.417. The van der Waals surface area contributed by atoms with E-state index in [2.05, 4.69) is 4.98 Å². The van der Waals surface area contributed by atoms with Crippen LogP contribution in [0.15, 0.2) is 47.2 Å². The molecule has 3 aromatic rings. The number of anilines is 2. The molecule has 10 heteroatoms. The highest BCUT2D eigenvalue weighted by Gasteiger charge is 2.31. The topological polar surface area (TPSA) is 59.5 Å². The number of hydrogen-bond donors (Lipinski definition) is 0. The van der Waals surface area contributed by atoms with Crippen LogP contribution in [-0.4, -0.2) is 16.9 Å². The zero-order chi connectivity index (χ0) is 20.3. The fraction of sp³-hybridized carbons (Fsp3) is 0.167. The van der Waals surface area contributed by atoms with Crippen molar-refractivity contribution < 1.29 is 27.5 Å². The Hall–Kier alpha value is -2.72. The SMILES string of the molecule is CC(=O)N(c1cccc(C(F)(F)F)c1)c1nc(COC(=O)c2cccs2)cs1. The average Bonchev–Trinajstić information content (AvgIpc) is 3.31. The number of carbonyl (C=O) groups excluding carboxylic acids is 2. The molecule has 0 fully saturated rings. The summed E-state index contributed by atoms with van der Waals surface area (Å²) in [5.74, 6) is -0.985. The molecule has 0 N–H and O–H groups in total. The van der Waals surface area contributed by atoms with E-state index in [0.717, 1.165) is 28.4 Å². The van der Waals surface area contributed by atoms with Crippen LogP contribution in [0.25, 0.3) is 0 Å². The van der Waals surface area contributed by atoms with Crippen LogP contribution >= 0.6 is 22.7 Å². The smallest absolute Gasteiger partial charge is 0.416 e. The van der Waals surface area contributed by atoms with Gasteiger partial charge < -0.3 is 4.74 Å². The molecule has 0 radical (unpaired) electrons. The lowest BCUT2D eigenvalue weighted by atomic mass is 10.2. The summed E-state index contributed by atoms with van der Waals surface area (Å²) in [5, 5.41) is 3.52. The number of hydrogen-bond acceptors (Lipinski definition) is 6. The van der Waals surface area contributed by atoms with E-state index in [0.29, 0.717) is 10.6 Å². The highest BCUT2D eigenvalue weighted by Crippen LogP contribution is 2.35. The lowest BCUT2D eigenvalue weighted by Gasteiger charge is -2.19. The number of carbonyl (C=O) groups is 2. The van der Waals surface area contributed by atoms with Crippen LogP contribution in [0.5, 0.6) is 0 Å². The fourth-order valence-electron chi connectivity index (χ4n) is 2.32. The van der Waals surface area contributed by atoms with Gasteiger partial charge in [-0.25, -0.2) is 9.78 Å². The Morgan fingerprint density at radius 1 is 1.18 bits per heavy atom. The fourth-order valence-corrected chi connectivity index (χ4v) is 3.81. The Balaban J connectivity index is 1.79. The third-order valence-electron chi connectivity index (χ3n) is 3.55. The van der Waals surface area contributed by atoms with Crippen LogP contribution in [0.4, 0.5) is 24.0 Å². The van der Waals surface area contributed by atoms with E-state index < -0.39 is 23.6 Å². The molecule has 0 saturated heterocycles. The molecular formula is C18H13F3N2O3S2. The van der Waals surface area contributed by atoms with E-state index in [9.17, 15) is 22.8 Å². The van der Waals surface area contributed by atoms with E-state index in [1.54, 1.807) is 22.9 Å². The van der Waals surface area contributed by atoms with Gasteiger partial charge in [-0.3, -0.25) is 9.69 Å². The van der Waals surface area contributed by atoms with Crippen molar-refractivity contribution in [2.45, 2.75) is 19.7 Å². The quantitative estimate of drug-likeness (QED) is 0.522. The van der Waals surface area contributed by atoms with Gasteiger partial charge in [0, 0.05) is 12.3 Å². The molecule has 5 nitrogen and oxygen atoms in total. The van der Waals surface area contributed by atoms with Gasteiger partial charge in [-0.2, -0.15) is 13.2 Å². The molecule has 3 rings (SSSR count). The molecule has 2 aromatic heterocycles. The Kier molecular flexibility index (Phi) is 5.80. The summed E-state index contributed by atoms with van der Waals surface area (Å²) < 4.78 is 44.1. The maximum atomic E-state index is 13.0. The van der Waals surface area contributed by atoms with Gasteiger partial charge in [-0.1, -0.05) is 12.1 Å². The van der Waals surface area contributed by atoms with E-state index in [-0.39, 0.29) is 17.4 Å². The van der Waals surface area contributed by atoms with Crippen LogP contribution in [0.3, 0.4) is 0 Å². The van der Waals surface area contributed by atoms with Crippen molar-refractivity contribution in [3.8, 4) is 0 Å². The minimum Gasteiger partial charge on any atom is -0.455 e.